The fraction of sp³-hybridized carbons (Fsp3) is 0.188. The van der Waals surface area contributed by atoms with Crippen molar-refractivity contribution in [2.45, 2.75) is 11.8 Å². The highest BCUT2D eigenvalue weighted by molar-refractivity contribution is 7.92. The van der Waals surface area contributed by atoms with Crippen LogP contribution in [0.4, 0.5) is 5.69 Å². The number of nitrogens with two attached hydrogens (primary N) is 1. The molecule has 0 bridgehead atoms. The summed E-state index contributed by atoms with van der Waals surface area (Å²) in [7, 11) is -2.52. The minimum Gasteiger partial charge on any atom is -0.495 e. The minimum atomic E-state index is -3.97. The number of sulfonamides is 1. The smallest absolute Gasteiger partial charge is 0.264 e. The fourth-order valence-electron chi connectivity index (χ4n) is 2.10. The van der Waals surface area contributed by atoms with Crippen molar-refractivity contribution in [3.8, 4) is 5.75 Å². The zero-order valence-electron chi connectivity index (χ0n) is 13.2. The molecule has 0 radical (unpaired) electrons. The number of rotatable bonds is 6. The Hall–Kier alpha value is -2.25. The molecule has 0 fully saturated rings. The number of hydrogen-bond acceptors (Lipinski definition) is 4. The number of carbonyl (C=O) groups excluding carboxylic acids is 1. The van der Waals surface area contributed by atoms with Crippen molar-refractivity contribution in [1.29, 1.82) is 0 Å². The van der Waals surface area contributed by atoms with E-state index in [1.807, 2.05) is 6.92 Å². The lowest BCUT2D eigenvalue weighted by Gasteiger charge is -2.23. The van der Waals surface area contributed by atoms with Gasteiger partial charge < -0.3 is 10.5 Å². The van der Waals surface area contributed by atoms with Crippen molar-refractivity contribution >= 4 is 33.2 Å². The van der Waals surface area contributed by atoms with E-state index in [0.29, 0.717) is 5.75 Å². The van der Waals surface area contributed by atoms with Crippen LogP contribution in [0.25, 0.3) is 0 Å². The highest BCUT2D eigenvalue weighted by Crippen LogP contribution is 2.31. The Morgan fingerprint density at radius 2 is 1.83 bits per heavy atom. The summed E-state index contributed by atoms with van der Waals surface area (Å²) in [5.74, 6) is -0.384. The topological polar surface area (TPSA) is 89.7 Å². The van der Waals surface area contributed by atoms with Crippen LogP contribution >= 0.6 is 11.6 Å². The van der Waals surface area contributed by atoms with Gasteiger partial charge in [0.05, 0.1) is 22.7 Å². The Kier molecular flexibility index (Phi) is 5.36. The zero-order valence-corrected chi connectivity index (χ0v) is 14.8. The Bertz CT molecular complexity index is 851. The number of methoxy groups -OCH3 is 1. The van der Waals surface area contributed by atoms with E-state index in [1.54, 1.807) is 12.1 Å². The Morgan fingerprint density at radius 1 is 1.21 bits per heavy atom. The second-order valence-electron chi connectivity index (χ2n) is 5.11. The molecule has 2 aromatic carbocycles. The summed E-state index contributed by atoms with van der Waals surface area (Å²) in [6.07, 6.45) is 0. The molecule has 1 amide bonds. The van der Waals surface area contributed by atoms with Gasteiger partial charge in [0.2, 0.25) is 5.91 Å². The van der Waals surface area contributed by atoms with Crippen LogP contribution in [0, 0.1) is 6.92 Å². The summed E-state index contributed by atoms with van der Waals surface area (Å²) >= 11 is 6.06. The molecule has 0 atom stereocenters. The normalized spacial score (nSPS) is 11.1. The van der Waals surface area contributed by atoms with E-state index in [2.05, 4.69) is 0 Å². The second kappa shape index (κ2) is 7.11. The van der Waals surface area contributed by atoms with Gasteiger partial charge in [0, 0.05) is 0 Å². The number of nitrogens with zero attached hydrogens (tertiary/aromatic N) is 1. The monoisotopic (exact) mass is 368 g/mol. The van der Waals surface area contributed by atoms with Crippen LogP contribution in [0.2, 0.25) is 5.02 Å². The van der Waals surface area contributed by atoms with Gasteiger partial charge in [0.15, 0.2) is 0 Å². The van der Waals surface area contributed by atoms with Crippen molar-refractivity contribution in [3.63, 3.8) is 0 Å². The van der Waals surface area contributed by atoms with Gasteiger partial charge in [0.25, 0.3) is 10.0 Å². The van der Waals surface area contributed by atoms with Crippen molar-refractivity contribution in [2.75, 3.05) is 18.0 Å². The van der Waals surface area contributed by atoms with Crippen LogP contribution in [0.5, 0.6) is 5.75 Å². The van der Waals surface area contributed by atoms with Crippen molar-refractivity contribution in [1.82, 2.24) is 0 Å². The molecule has 6 nitrogen and oxygen atoms in total. The first kappa shape index (κ1) is 18.1. The first-order chi connectivity index (χ1) is 11.3. The molecular weight excluding hydrogens is 352 g/mol. The van der Waals surface area contributed by atoms with Gasteiger partial charge in [-0.3, -0.25) is 9.10 Å². The largest absolute Gasteiger partial charge is 0.495 e. The predicted molar refractivity (Wildman–Crippen MR) is 92.9 cm³/mol. The number of carbonyl (C=O) groups is 1. The molecule has 2 N–H and O–H groups in total. The molecule has 0 unspecified atom stereocenters. The van der Waals surface area contributed by atoms with Crippen LogP contribution in [-0.4, -0.2) is 28.0 Å². The van der Waals surface area contributed by atoms with E-state index >= 15 is 0 Å². The number of halogens is 1. The van der Waals surface area contributed by atoms with Gasteiger partial charge in [-0.15, -0.1) is 0 Å². The van der Waals surface area contributed by atoms with E-state index in [-0.39, 0.29) is 15.6 Å². The van der Waals surface area contributed by atoms with Gasteiger partial charge in [-0.25, -0.2) is 8.42 Å². The lowest BCUT2D eigenvalue weighted by Crippen LogP contribution is -2.38. The molecule has 8 heteroatoms. The first-order valence-electron chi connectivity index (χ1n) is 6.97. The summed E-state index contributed by atoms with van der Waals surface area (Å²) < 4.78 is 31.8. The Labute approximate surface area is 145 Å². The lowest BCUT2D eigenvalue weighted by molar-refractivity contribution is -0.116. The summed E-state index contributed by atoms with van der Waals surface area (Å²) in [6.45, 7) is 1.35. The van der Waals surface area contributed by atoms with Gasteiger partial charge >= 0.3 is 0 Å². The van der Waals surface area contributed by atoms with Crippen molar-refractivity contribution in [2.24, 2.45) is 5.73 Å². The number of anilines is 1. The maximum Gasteiger partial charge on any atom is 0.264 e. The first-order valence-corrected chi connectivity index (χ1v) is 8.79. The van der Waals surface area contributed by atoms with E-state index in [1.165, 1.54) is 37.4 Å². The standard InChI is InChI=1S/C16H17ClN2O4S/c1-11-3-6-13(7-4-11)24(21,22)19(10-16(18)20)12-5-8-15(23-2)14(17)9-12/h3-9H,10H2,1-2H3,(H2,18,20). The molecule has 0 saturated heterocycles. The molecular formula is C16H17ClN2O4S. The average molecular weight is 369 g/mol. The van der Waals surface area contributed by atoms with Gasteiger partial charge in [0.1, 0.15) is 12.3 Å². The number of aryl methyl sites for hydroxylation is 1. The molecule has 0 saturated carbocycles. The van der Waals surface area contributed by atoms with Crippen LogP contribution in [0.1, 0.15) is 5.56 Å². The van der Waals surface area contributed by atoms with Gasteiger partial charge in [-0.1, -0.05) is 29.3 Å². The molecule has 2 rings (SSSR count). The number of benzene rings is 2. The van der Waals surface area contributed by atoms with Crippen LogP contribution < -0.4 is 14.8 Å². The molecule has 0 aliphatic carbocycles. The van der Waals surface area contributed by atoms with E-state index < -0.39 is 22.5 Å². The molecule has 24 heavy (non-hydrogen) atoms. The lowest BCUT2D eigenvalue weighted by atomic mass is 10.2. The number of primary amides is 1. The molecule has 0 spiro atoms. The molecule has 0 aliphatic heterocycles. The summed E-state index contributed by atoms with van der Waals surface area (Å²) in [4.78, 5) is 11.4. The Morgan fingerprint density at radius 3 is 2.33 bits per heavy atom. The van der Waals surface area contributed by atoms with Crippen LogP contribution in [-0.2, 0) is 14.8 Å². The maximum atomic E-state index is 12.9. The Balaban J connectivity index is 2.54. The SMILES string of the molecule is COc1ccc(N(CC(N)=O)S(=O)(=O)c2ccc(C)cc2)cc1Cl. The predicted octanol–water partition coefficient (Wildman–Crippen LogP) is 2.34. The third-order valence-corrected chi connectivity index (χ3v) is 5.42. The minimum absolute atomic E-state index is 0.0568. The average Bonchev–Trinajstić information content (AvgIpc) is 2.52. The quantitative estimate of drug-likeness (QED) is 0.847. The number of hydrogen-bond donors (Lipinski definition) is 1. The van der Waals surface area contributed by atoms with E-state index in [0.717, 1.165) is 9.87 Å². The van der Waals surface area contributed by atoms with Crippen LogP contribution in [0.3, 0.4) is 0 Å². The summed E-state index contributed by atoms with van der Waals surface area (Å²) in [6, 6.07) is 10.7. The molecule has 2 aromatic rings. The fourth-order valence-corrected chi connectivity index (χ4v) is 3.78. The second-order valence-corrected chi connectivity index (χ2v) is 7.38. The number of amides is 1. The highest BCUT2D eigenvalue weighted by Gasteiger charge is 2.27. The number of ether oxygens (including phenoxy) is 1. The summed E-state index contributed by atoms with van der Waals surface area (Å²) in [5, 5.41) is 0.226. The van der Waals surface area contributed by atoms with E-state index in [4.69, 9.17) is 22.1 Å². The highest BCUT2D eigenvalue weighted by atomic mass is 35.5. The molecule has 128 valence electrons. The molecule has 0 heterocycles. The molecule has 0 aliphatic rings. The van der Waals surface area contributed by atoms with Gasteiger partial charge in [-0.2, -0.15) is 0 Å². The maximum absolute atomic E-state index is 12.9. The summed E-state index contributed by atoms with van der Waals surface area (Å²) in [5.41, 5.74) is 6.36. The van der Waals surface area contributed by atoms with E-state index in [9.17, 15) is 13.2 Å². The zero-order chi connectivity index (χ0) is 17.9. The van der Waals surface area contributed by atoms with Crippen molar-refractivity contribution < 1.29 is 17.9 Å². The third-order valence-electron chi connectivity index (χ3n) is 3.33. The van der Waals surface area contributed by atoms with Crippen molar-refractivity contribution in [3.05, 3.63) is 53.1 Å². The third kappa shape index (κ3) is 3.80. The van der Waals surface area contributed by atoms with Crippen LogP contribution in [0.15, 0.2) is 47.4 Å². The molecule has 0 aromatic heterocycles. The van der Waals surface area contributed by atoms with Gasteiger partial charge in [-0.05, 0) is 37.3 Å².